The molecule has 0 aliphatic rings. The van der Waals surface area contributed by atoms with Crippen molar-refractivity contribution in [2.24, 2.45) is 0 Å². The third-order valence-electron chi connectivity index (χ3n) is 2.88. The van der Waals surface area contributed by atoms with E-state index in [1.807, 2.05) is 12.1 Å². The van der Waals surface area contributed by atoms with E-state index in [-0.39, 0.29) is 0 Å². The van der Waals surface area contributed by atoms with Gasteiger partial charge < -0.3 is 25.9 Å². The molecule has 0 atom stereocenters. The molecule has 3 aromatic rings. The largest absolute Gasteiger partial charge is 0.490 e. The number of hydrogen-bond acceptors (Lipinski definition) is 5. The van der Waals surface area contributed by atoms with Crippen molar-refractivity contribution >= 4 is 60.8 Å². The Bertz CT molecular complexity index is 1040. The van der Waals surface area contributed by atoms with Crippen LogP contribution < -0.4 is 5.73 Å². The van der Waals surface area contributed by atoms with Crippen molar-refractivity contribution in [3.05, 3.63) is 27.4 Å². The summed E-state index contributed by atoms with van der Waals surface area (Å²) in [6.07, 6.45) is -8.45. The highest BCUT2D eigenvalue weighted by Gasteiger charge is 2.38. The number of imidazole rings is 1. The molecule has 170 valence electrons. The number of carboxylic acid groups (broad SMARTS) is 2. The van der Waals surface area contributed by atoms with Gasteiger partial charge in [-0.15, -0.1) is 0 Å². The topological polar surface area (TPSA) is 158 Å². The molecular weight excluding hydrogens is 576 g/mol. The summed E-state index contributed by atoms with van der Waals surface area (Å²) in [6, 6.07) is 3.78. The van der Waals surface area contributed by atoms with Crippen LogP contribution in [0.3, 0.4) is 0 Å². The number of nitrogens with zero attached hydrogens (tertiary/aromatic N) is 2. The zero-order valence-electron chi connectivity index (χ0n) is 14.4. The quantitative estimate of drug-likeness (QED) is 0.266. The smallest absolute Gasteiger partial charge is 0.475 e. The molecule has 3 rings (SSSR count). The van der Waals surface area contributed by atoms with E-state index in [0.29, 0.717) is 5.95 Å². The molecule has 6 N–H and O–H groups in total. The van der Waals surface area contributed by atoms with E-state index in [2.05, 4.69) is 51.8 Å². The minimum absolute atomic E-state index is 0.388. The van der Waals surface area contributed by atoms with E-state index in [4.69, 9.17) is 25.5 Å². The molecule has 31 heavy (non-hydrogen) atoms. The molecule has 9 nitrogen and oxygen atoms in total. The molecule has 0 spiro atoms. The third kappa shape index (κ3) is 7.74. The van der Waals surface area contributed by atoms with Gasteiger partial charge in [-0.05, 0) is 44.0 Å². The molecular formula is C14H9Br2F6N5O4. The molecule has 0 unspecified atom stereocenters. The van der Waals surface area contributed by atoms with Crippen LogP contribution in [-0.2, 0) is 9.59 Å². The number of nitrogens with one attached hydrogen (secondary N) is 2. The van der Waals surface area contributed by atoms with Crippen molar-refractivity contribution in [3.63, 3.8) is 0 Å². The first-order valence-corrected chi connectivity index (χ1v) is 8.87. The van der Waals surface area contributed by atoms with Crippen molar-refractivity contribution in [1.82, 2.24) is 19.9 Å². The van der Waals surface area contributed by atoms with E-state index >= 15 is 0 Å². The standard InChI is InChI=1S/C10H7Br2N5.2C2HF3O2/c11-4-3-6(15-9(4)12)7-8-5(1-2-14-7)16-10(13)17-8;2*3-2(4,5)1(6)7/h1-3,15H,(H3,13,16,17);2*(H,6,7). The molecule has 0 bridgehead atoms. The summed E-state index contributed by atoms with van der Waals surface area (Å²) >= 11 is 6.82. The number of halogens is 8. The molecule has 0 amide bonds. The molecule has 17 heteroatoms. The number of nitrogens with two attached hydrogens (primary N) is 1. The second-order valence-electron chi connectivity index (χ2n) is 5.13. The molecule has 0 saturated heterocycles. The minimum atomic E-state index is -5.08. The molecule has 0 aliphatic carbocycles. The summed E-state index contributed by atoms with van der Waals surface area (Å²) in [6.45, 7) is 0. The Morgan fingerprint density at radius 1 is 1.00 bits per heavy atom. The zero-order valence-corrected chi connectivity index (χ0v) is 17.6. The molecule has 0 aromatic carbocycles. The highest BCUT2D eigenvalue weighted by Crippen LogP contribution is 2.31. The summed E-state index contributed by atoms with van der Waals surface area (Å²) in [7, 11) is 0. The van der Waals surface area contributed by atoms with Crippen molar-refractivity contribution in [2.75, 3.05) is 5.73 Å². The van der Waals surface area contributed by atoms with Crippen LogP contribution in [-0.4, -0.2) is 54.4 Å². The van der Waals surface area contributed by atoms with Gasteiger partial charge >= 0.3 is 24.3 Å². The fraction of sp³-hybridized carbons (Fsp3) is 0.143. The summed E-state index contributed by atoms with van der Waals surface area (Å²) in [5.74, 6) is -5.13. The number of H-pyrrole nitrogens is 2. The number of alkyl halides is 6. The van der Waals surface area contributed by atoms with Gasteiger partial charge in [-0.3, -0.25) is 4.98 Å². The van der Waals surface area contributed by atoms with Gasteiger partial charge in [0.15, 0.2) is 5.95 Å². The van der Waals surface area contributed by atoms with Gasteiger partial charge in [0.05, 0.1) is 20.3 Å². The molecule has 0 saturated carbocycles. The number of aromatic amines is 2. The Morgan fingerprint density at radius 2 is 1.48 bits per heavy atom. The van der Waals surface area contributed by atoms with Gasteiger partial charge in [0.1, 0.15) is 11.2 Å². The summed E-state index contributed by atoms with van der Waals surface area (Å²) in [4.78, 5) is 32.5. The van der Waals surface area contributed by atoms with Crippen molar-refractivity contribution in [2.45, 2.75) is 12.4 Å². The number of nitrogen functional groups attached to an aromatic ring is 1. The number of hydrogen-bond donors (Lipinski definition) is 5. The highest BCUT2D eigenvalue weighted by atomic mass is 79.9. The zero-order chi connectivity index (χ0) is 24.1. The Morgan fingerprint density at radius 3 is 1.87 bits per heavy atom. The fourth-order valence-corrected chi connectivity index (χ4v) is 2.34. The minimum Gasteiger partial charge on any atom is -0.475 e. The molecule has 3 aromatic heterocycles. The summed E-state index contributed by atoms with van der Waals surface area (Å²) < 4.78 is 65.3. The normalized spacial score (nSPS) is 11.2. The predicted octanol–water partition coefficient (Wildman–Crippen LogP) is 4.33. The van der Waals surface area contributed by atoms with E-state index in [9.17, 15) is 26.3 Å². The second kappa shape index (κ2) is 9.99. The van der Waals surface area contributed by atoms with Gasteiger partial charge in [0.25, 0.3) is 0 Å². The Labute approximate surface area is 183 Å². The van der Waals surface area contributed by atoms with Gasteiger partial charge in [-0.2, -0.15) is 26.3 Å². The molecule has 0 fully saturated rings. The molecule has 0 radical (unpaired) electrons. The Balaban J connectivity index is 0.000000288. The Kier molecular flexibility index (Phi) is 8.45. The van der Waals surface area contributed by atoms with Crippen LogP contribution in [0.1, 0.15) is 0 Å². The number of carboxylic acids is 2. The van der Waals surface area contributed by atoms with Crippen molar-refractivity contribution in [3.8, 4) is 11.4 Å². The van der Waals surface area contributed by atoms with Crippen LogP contribution in [0.4, 0.5) is 32.3 Å². The number of aromatic nitrogens is 4. The fourth-order valence-electron chi connectivity index (χ4n) is 1.68. The van der Waals surface area contributed by atoms with Crippen LogP contribution in [0.25, 0.3) is 22.4 Å². The Hall–Kier alpha value is -2.82. The van der Waals surface area contributed by atoms with Crippen LogP contribution in [0.5, 0.6) is 0 Å². The maximum Gasteiger partial charge on any atom is 0.490 e. The number of pyridine rings is 1. The third-order valence-corrected chi connectivity index (χ3v) is 4.67. The van der Waals surface area contributed by atoms with Crippen LogP contribution in [0.15, 0.2) is 27.4 Å². The number of aliphatic carboxylic acids is 2. The first-order valence-electron chi connectivity index (χ1n) is 7.28. The van der Waals surface area contributed by atoms with Crippen molar-refractivity contribution < 1.29 is 46.1 Å². The molecule has 0 aliphatic heterocycles. The van der Waals surface area contributed by atoms with Gasteiger partial charge in [0.2, 0.25) is 0 Å². The summed E-state index contributed by atoms with van der Waals surface area (Å²) in [5.41, 5.74) is 8.92. The maximum absolute atomic E-state index is 10.6. The average Bonchev–Trinajstić information content (AvgIpc) is 3.15. The van der Waals surface area contributed by atoms with E-state index in [1.54, 1.807) is 6.20 Å². The lowest BCUT2D eigenvalue weighted by Crippen LogP contribution is -2.21. The number of carbonyl (C=O) groups is 2. The van der Waals surface area contributed by atoms with Gasteiger partial charge in [0, 0.05) is 6.20 Å². The lowest BCUT2D eigenvalue weighted by Gasteiger charge is -1.97. The number of anilines is 1. The van der Waals surface area contributed by atoms with Crippen LogP contribution in [0.2, 0.25) is 0 Å². The maximum atomic E-state index is 10.6. The van der Waals surface area contributed by atoms with Crippen LogP contribution >= 0.6 is 31.9 Å². The van der Waals surface area contributed by atoms with E-state index < -0.39 is 24.3 Å². The molecule has 3 heterocycles. The monoisotopic (exact) mass is 583 g/mol. The highest BCUT2D eigenvalue weighted by molar-refractivity contribution is 9.13. The number of rotatable bonds is 1. The second-order valence-corrected chi connectivity index (χ2v) is 6.78. The van der Waals surface area contributed by atoms with E-state index in [0.717, 1.165) is 31.5 Å². The first kappa shape index (κ1) is 26.2. The van der Waals surface area contributed by atoms with Crippen LogP contribution in [0, 0.1) is 0 Å². The summed E-state index contributed by atoms with van der Waals surface area (Å²) in [5, 5.41) is 14.2. The van der Waals surface area contributed by atoms with Crippen molar-refractivity contribution in [1.29, 1.82) is 0 Å². The lowest BCUT2D eigenvalue weighted by molar-refractivity contribution is -0.193. The van der Waals surface area contributed by atoms with Gasteiger partial charge in [-0.1, -0.05) is 0 Å². The lowest BCUT2D eigenvalue weighted by atomic mass is 10.2. The predicted molar refractivity (Wildman–Crippen MR) is 101 cm³/mol. The average molecular weight is 585 g/mol. The van der Waals surface area contributed by atoms with Gasteiger partial charge in [-0.25, -0.2) is 14.6 Å². The SMILES string of the molecule is Nc1nc2c(-c3cc(Br)c(Br)[nH]3)nccc2[nH]1.O=C(O)C(F)(F)F.O=C(O)C(F)(F)F. The first-order chi connectivity index (χ1) is 14.0. The van der Waals surface area contributed by atoms with E-state index in [1.165, 1.54) is 0 Å². The number of fused-ring (bicyclic) bond motifs is 1.